The van der Waals surface area contributed by atoms with Crippen LogP contribution in [0, 0.1) is 0 Å². The van der Waals surface area contributed by atoms with Gasteiger partial charge in [-0.1, -0.05) is 36.4 Å². The van der Waals surface area contributed by atoms with E-state index in [0.29, 0.717) is 43.2 Å². The molecule has 0 N–H and O–H groups in total. The van der Waals surface area contributed by atoms with Crippen LogP contribution in [0.3, 0.4) is 0 Å². The van der Waals surface area contributed by atoms with Gasteiger partial charge in [-0.25, -0.2) is 0 Å². The molecular weight excluding hydrogens is 464 g/mol. The molecule has 0 aliphatic carbocycles. The van der Waals surface area contributed by atoms with Gasteiger partial charge in [0.25, 0.3) is 11.1 Å². The quantitative estimate of drug-likeness (QED) is 0.374. The molecule has 35 heavy (non-hydrogen) atoms. The maximum atomic E-state index is 12.9. The lowest BCUT2D eigenvalue weighted by Crippen LogP contribution is -2.40. The molecule has 0 atom stereocenters. The van der Waals surface area contributed by atoms with Crippen LogP contribution >= 0.6 is 11.8 Å². The average Bonchev–Trinajstić information content (AvgIpc) is 3.49. The number of hydrogen-bond donors (Lipinski definition) is 0. The Morgan fingerprint density at radius 2 is 1.89 bits per heavy atom. The third-order valence-electron chi connectivity index (χ3n) is 5.89. The zero-order valence-electron chi connectivity index (χ0n) is 19.7. The topological polar surface area (TPSA) is 76.2 Å². The highest BCUT2D eigenvalue weighted by atomic mass is 32.2. The van der Waals surface area contributed by atoms with E-state index in [1.54, 1.807) is 30.2 Å². The van der Waals surface area contributed by atoms with Crippen LogP contribution in [-0.4, -0.2) is 53.6 Å². The van der Waals surface area contributed by atoms with Crippen LogP contribution in [0.2, 0.25) is 0 Å². The van der Waals surface area contributed by atoms with Gasteiger partial charge in [-0.2, -0.15) is 0 Å². The van der Waals surface area contributed by atoms with Crippen molar-refractivity contribution in [1.29, 1.82) is 0 Å². The smallest absolute Gasteiger partial charge is 0.294 e. The summed E-state index contributed by atoms with van der Waals surface area (Å²) in [4.78, 5) is 40.9. The molecule has 7 nitrogen and oxygen atoms in total. The van der Waals surface area contributed by atoms with Crippen LogP contribution in [0.15, 0.2) is 60.0 Å². The molecule has 182 valence electrons. The average molecular weight is 493 g/mol. The zero-order valence-corrected chi connectivity index (χ0v) is 20.5. The third kappa shape index (κ3) is 5.77. The van der Waals surface area contributed by atoms with Gasteiger partial charge in [0.05, 0.1) is 12.0 Å². The number of allylic oxidation sites excluding steroid dienone is 1. The Balaban J connectivity index is 1.55. The molecule has 3 amide bonds. The summed E-state index contributed by atoms with van der Waals surface area (Å²) in [6.07, 6.45) is 5.86. The zero-order chi connectivity index (χ0) is 24.8. The van der Waals surface area contributed by atoms with Gasteiger partial charge in [0.1, 0.15) is 13.2 Å². The molecule has 8 heteroatoms. The number of benzene rings is 2. The number of methoxy groups -OCH3 is 1. The van der Waals surface area contributed by atoms with E-state index >= 15 is 0 Å². The highest BCUT2D eigenvalue weighted by Gasteiger charge is 2.37. The molecule has 0 radical (unpaired) electrons. The van der Waals surface area contributed by atoms with Crippen LogP contribution in [0.5, 0.6) is 11.5 Å². The van der Waals surface area contributed by atoms with Gasteiger partial charge < -0.3 is 14.4 Å². The van der Waals surface area contributed by atoms with Gasteiger partial charge in [0.15, 0.2) is 11.5 Å². The number of imide groups is 1. The molecule has 0 saturated carbocycles. The van der Waals surface area contributed by atoms with Crippen molar-refractivity contribution in [3.63, 3.8) is 0 Å². The van der Waals surface area contributed by atoms with Crippen LogP contribution in [0.1, 0.15) is 29.5 Å². The Hall–Kier alpha value is -3.52. The van der Waals surface area contributed by atoms with Crippen molar-refractivity contribution in [2.45, 2.75) is 25.9 Å². The summed E-state index contributed by atoms with van der Waals surface area (Å²) in [5.74, 6) is 0.481. The predicted octanol–water partition coefficient (Wildman–Crippen LogP) is 4.66. The summed E-state index contributed by atoms with van der Waals surface area (Å²) < 4.78 is 11.7. The first-order valence-corrected chi connectivity index (χ1v) is 12.3. The molecule has 0 spiro atoms. The number of thioether (sulfide) groups is 1. The molecule has 0 bridgehead atoms. The van der Waals surface area contributed by atoms with E-state index in [4.69, 9.17) is 9.47 Å². The number of ether oxygens (including phenoxy) is 2. The van der Waals surface area contributed by atoms with Gasteiger partial charge in [-0.05, 0) is 60.4 Å². The van der Waals surface area contributed by atoms with E-state index < -0.39 is 11.1 Å². The number of carbonyl (C=O) groups excluding carboxylic acids is 3. The molecule has 0 aromatic heterocycles. The molecular formula is C27H28N2O5S. The second-order valence-electron chi connectivity index (χ2n) is 8.33. The molecule has 2 fully saturated rings. The van der Waals surface area contributed by atoms with Gasteiger partial charge in [-0.15, -0.1) is 6.58 Å². The van der Waals surface area contributed by atoms with Crippen LogP contribution in [0.25, 0.3) is 6.08 Å². The molecule has 2 aromatic carbocycles. The molecule has 0 unspecified atom stereocenters. The van der Waals surface area contributed by atoms with E-state index in [2.05, 4.69) is 6.58 Å². The predicted molar refractivity (Wildman–Crippen MR) is 136 cm³/mol. The standard InChI is InChI=1S/C27H28N2O5S/c1-3-9-21-14-20(15-22(33-2)25(21)34-18-19-10-5-4-6-11-19)16-23-26(31)29(27(32)35-23)17-24(30)28-12-7-8-13-28/h3-6,10-11,14-16H,1,7-9,12-13,17-18H2,2H3/b23-16-. The lowest BCUT2D eigenvalue weighted by Gasteiger charge is -2.18. The van der Waals surface area contributed by atoms with E-state index in [1.807, 2.05) is 36.4 Å². The number of amides is 3. The highest BCUT2D eigenvalue weighted by molar-refractivity contribution is 8.18. The normalized spacial score (nSPS) is 16.8. The fourth-order valence-electron chi connectivity index (χ4n) is 4.11. The minimum absolute atomic E-state index is 0.194. The Kier molecular flexibility index (Phi) is 7.92. The van der Waals surface area contributed by atoms with Gasteiger partial charge >= 0.3 is 0 Å². The SMILES string of the molecule is C=CCc1cc(/C=C2\SC(=O)N(CC(=O)N3CCCC3)C2=O)cc(OC)c1OCc1ccccc1. The van der Waals surface area contributed by atoms with Gasteiger partial charge in [0, 0.05) is 18.7 Å². The second-order valence-corrected chi connectivity index (χ2v) is 9.33. The lowest BCUT2D eigenvalue weighted by molar-refractivity contribution is -0.135. The Morgan fingerprint density at radius 3 is 2.57 bits per heavy atom. The maximum Gasteiger partial charge on any atom is 0.294 e. The van der Waals surface area contributed by atoms with E-state index in [0.717, 1.165) is 40.6 Å². The monoisotopic (exact) mass is 492 g/mol. The minimum atomic E-state index is -0.457. The van der Waals surface area contributed by atoms with Crippen molar-refractivity contribution < 1.29 is 23.9 Å². The lowest BCUT2D eigenvalue weighted by atomic mass is 10.0. The summed E-state index contributed by atoms with van der Waals surface area (Å²) >= 11 is 0.841. The number of rotatable bonds is 9. The van der Waals surface area contributed by atoms with Crippen molar-refractivity contribution in [2.24, 2.45) is 0 Å². The number of nitrogens with zero attached hydrogens (tertiary/aromatic N) is 2. The fourth-order valence-corrected chi connectivity index (χ4v) is 4.95. The van der Waals surface area contributed by atoms with Crippen LogP contribution in [-0.2, 0) is 22.6 Å². The first-order chi connectivity index (χ1) is 17.0. The van der Waals surface area contributed by atoms with Crippen molar-refractivity contribution in [1.82, 2.24) is 9.80 Å². The number of carbonyl (C=O) groups is 3. The van der Waals surface area contributed by atoms with Gasteiger partial charge in [-0.3, -0.25) is 19.3 Å². The summed E-state index contributed by atoms with van der Waals surface area (Å²) in [5.41, 5.74) is 2.58. The van der Waals surface area contributed by atoms with Crippen LogP contribution < -0.4 is 9.47 Å². The highest BCUT2D eigenvalue weighted by Crippen LogP contribution is 2.37. The second kappa shape index (κ2) is 11.3. The summed E-state index contributed by atoms with van der Waals surface area (Å²) in [7, 11) is 1.56. The first kappa shape index (κ1) is 24.6. The summed E-state index contributed by atoms with van der Waals surface area (Å²) in [6.45, 7) is 5.35. The van der Waals surface area contributed by atoms with E-state index in [1.165, 1.54) is 0 Å². The third-order valence-corrected chi connectivity index (χ3v) is 6.80. The Morgan fingerprint density at radius 1 is 1.14 bits per heavy atom. The molecule has 2 aromatic rings. The molecule has 4 rings (SSSR count). The van der Waals surface area contributed by atoms with E-state index in [-0.39, 0.29) is 17.4 Å². The van der Waals surface area contributed by atoms with Gasteiger partial charge in [0.2, 0.25) is 5.91 Å². The molecule has 2 saturated heterocycles. The van der Waals surface area contributed by atoms with E-state index in [9.17, 15) is 14.4 Å². The number of likely N-dealkylation sites (tertiary alicyclic amines) is 1. The summed E-state index contributed by atoms with van der Waals surface area (Å²) in [6, 6.07) is 13.5. The van der Waals surface area contributed by atoms with Crippen molar-refractivity contribution >= 4 is 34.9 Å². The van der Waals surface area contributed by atoms with Crippen molar-refractivity contribution in [3.05, 3.63) is 76.7 Å². The Bertz CT molecular complexity index is 1160. The molecule has 2 aliphatic rings. The Labute approximate surface area is 209 Å². The maximum absolute atomic E-state index is 12.9. The van der Waals surface area contributed by atoms with Crippen molar-refractivity contribution in [2.75, 3.05) is 26.7 Å². The first-order valence-electron chi connectivity index (χ1n) is 11.5. The number of hydrogen-bond acceptors (Lipinski definition) is 6. The molecule has 2 aliphatic heterocycles. The largest absolute Gasteiger partial charge is 0.493 e. The molecule has 2 heterocycles. The van der Waals surface area contributed by atoms with Crippen LogP contribution in [0.4, 0.5) is 4.79 Å². The minimum Gasteiger partial charge on any atom is -0.493 e. The summed E-state index contributed by atoms with van der Waals surface area (Å²) in [5, 5.41) is -0.435. The van der Waals surface area contributed by atoms with Crippen molar-refractivity contribution in [3.8, 4) is 11.5 Å². The fraction of sp³-hybridized carbons (Fsp3) is 0.296.